The van der Waals surface area contributed by atoms with Crippen LogP contribution < -0.4 is 0 Å². The number of fused-ring (bicyclic) bond motifs is 1. The van der Waals surface area contributed by atoms with Crippen LogP contribution in [-0.4, -0.2) is 47.2 Å². The van der Waals surface area contributed by atoms with Crippen molar-refractivity contribution in [2.75, 3.05) is 13.2 Å². The number of hydrogen-bond donors (Lipinski definition) is 1. The molecule has 21 heavy (non-hydrogen) atoms. The van der Waals surface area contributed by atoms with Gasteiger partial charge in [0.05, 0.1) is 30.6 Å². The molecular formula is C16H25NO4. The van der Waals surface area contributed by atoms with E-state index in [1.165, 1.54) is 6.42 Å². The van der Waals surface area contributed by atoms with Gasteiger partial charge in [-0.05, 0) is 25.7 Å². The summed E-state index contributed by atoms with van der Waals surface area (Å²) in [5.41, 5.74) is 0. The van der Waals surface area contributed by atoms with Crippen LogP contribution in [0.1, 0.15) is 51.4 Å². The molecule has 3 fully saturated rings. The Bertz CT molecular complexity index is 409. The van der Waals surface area contributed by atoms with E-state index in [9.17, 15) is 14.7 Å². The largest absolute Gasteiger partial charge is 0.481 e. The number of carbonyl (C=O) groups excluding carboxylic acids is 1. The number of amides is 1. The van der Waals surface area contributed by atoms with Crippen LogP contribution in [0.2, 0.25) is 0 Å². The van der Waals surface area contributed by atoms with Gasteiger partial charge in [0.1, 0.15) is 0 Å². The number of carboxylic acids is 1. The smallest absolute Gasteiger partial charge is 0.307 e. The third-order valence-corrected chi connectivity index (χ3v) is 5.42. The first-order valence-corrected chi connectivity index (χ1v) is 8.33. The number of carboxylic acid groups (broad SMARTS) is 1. The van der Waals surface area contributed by atoms with E-state index in [0.717, 1.165) is 38.5 Å². The van der Waals surface area contributed by atoms with E-state index < -0.39 is 11.9 Å². The van der Waals surface area contributed by atoms with Crippen molar-refractivity contribution < 1.29 is 19.4 Å². The van der Waals surface area contributed by atoms with Crippen molar-refractivity contribution in [3.8, 4) is 0 Å². The fourth-order valence-corrected chi connectivity index (χ4v) is 4.31. The highest BCUT2D eigenvalue weighted by Gasteiger charge is 2.43. The van der Waals surface area contributed by atoms with Crippen LogP contribution >= 0.6 is 0 Å². The van der Waals surface area contributed by atoms with Crippen LogP contribution in [-0.2, 0) is 14.3 Å². The molecule has 5 nitrogen and oxygen atoms in total. The number of carbonyl (C=O) groups is 2. The zero-order valence-electron chi connectivity index (χ0n) is 12.5. The predicted octanol–water partition coefficient (Wildman–Crippen LogP) is 2.05. The fraction of sp³-hybridized carbons (Fsp3) is 0.875. The Labute approximate surface area is 125 Å². The van der Waals surface area contributed by atoms with Crippen LogP contribution in [0, 0.1) is 11.8 Å². The zero-order valence-corrected chi connectivity index (χ0v) is 12.5. The normalized spacial score (nSPS) is 36.9. The molecule has 4 unspecified atom stereocenters. The maximum absolute atomic E-state index is 12.9. The molecule has 2 saturated carbocycles. The monoisotopic (exact) mass is 295 g/mol. The molecule has 0 aromatic rings. The molecule has 0 radical (unpaired) electrons. The number of aliphatic carboxylic acids is 1. The van der Waals surface area contributed by atoms with E-state index in [1.807, 2.05) is 4.90 Å². The number of hydrogen-bond acceptors (Lipinski definition) is 3. The Morgan fingerprint density at radius 3 is 2.38 bits per heavy atom. The highest BCUT2D eigenvalue weighted by Crippen LogP contribution is 2.35. The summed E-state index contributed by atoms with van der Waals surface area (Å²) in [4.78, 5) is 26.3. The number of morpholine rings is 1. The van der Waals surface area contributed by atoms with E-state index in [-0.39, 0.29) is 24.0 Å². The lowest BCUT2D eigenvalue weighted by atomic mass is 9.77. The van der Waals surface area contributed by atoms with Crippen LogP contribution in [0.15, 0.2) is 0 Å². The van der Waals surface area contributed by atoms with Crippen molar-refractivity contribution in [2.24, 2.45) is 11.8 Å². The molecule has 0 aromatic heterocycles. The first kappa shape index (κ1) is 14.8. The Balaban J connectivity index is 1.74. The lowest BCUT2D eigenvalue weighted by molar-refractivity contribution is -0.162. The minimum atomic E-state index is -0.804. The highest BCUT2D eigenvalue weighted by atomic mass is 16.5. The minimum absolute atomic E-state index is 0.0716. The molecule has 3 aliphatic rings. The first-order chi connectivity index (χ1) is 10.2. The van der Waals surface area contributed by atoms with Gasteiger partial charge in [0, 0.05) is 6.54 Å². The second kappa shape index (κ2) is 6.34. The Kier molecular flexibility index (Phi) is 4.48. The van der Waals surface area contributed by atoms with E-state index in [1.54, 1.807) is 0 Å². The number of nitrogens with zero attached hydrogens (tertiary/aromatic N) is 1. The quantitative estimate of drug-likeness (QED) is 0.846. The Morgan fingerprint density at radius 2 is 1.62 bits per heavy atom. The van der Waals surface area contributed by atoms with Gasteiger partial charge in [0.2, 0.25) is 5.91 Å². The molecule has 1 N–H and O–H groups in total. The highest BCUT2D eigenvalue weighted by molar-refractivity contribution is 5.85. The van der Waals surface area contributed by atoms with E-state index >= 15 is 0 Å². The summed E-state index contributed by atoms with van der Waals surface area (Å²) in [6.45, 7) is 1.22. The van der Waals surface area contributed by atoms with Gasteiger partial charge in [0.25, 0.3) is 0 Å². The molecular weight excluding hydrogens is 270 g/mol. The molecule has 4 atom stereocenters. The van der Waals surface area contributed by atoms with Crippen molar-refractivity contribution in [2.45, 2.75) is 63.5 Å². The van der Waals surface area contributed by atoms with Crippen molar-refractivity contribution in [3.05, 3.63) is 0 Å². The van der Waals surface area contributed by atoms with Crippen molar-refractivity contribution in [1.29, 1.82) is 0 Å². The summed E-state index contributed by atoms with van der Waals surface area (Å²) in [6, 6.07) is 0.177. The summed E-state index contributed by atoms with van der Waals surface area (Å²) in [7, 11) is 0. The van der Waals surface area contributed by atoms with E-state index in [0.29, 0.717) is 19.6 Å². The lowest BCUT2D eigenvalue weighted by Gasteiger charge is -2.45. The summed E-state index contributed by atoms with van der Waals surface area (Å²) < 4.78 is 5.81. The van der Waals surface area contributed by atoms with Gasteiger partial charge in [-0.15, -0.1) is 0 Å². The molecule has 118 valence electrons. The Morgan fingerprint density at radius 1 is 0.952 bits per heavy atom. The van der Waals surface area contributed by atoms with Gasteiger partial charge in [-0.25, -0.2) is 0 Å². The minimum Gasteiger partial charge on any atom is -0.481 e. The van der Waals surface area contributed by atoms with Gasteiger partial charge in [-0.1, -0.05) is 25.7 Å². The van der Waals surface area contributed by atoms with Crippen molar-refractivity contribution >= 4 is 11.9 Å². The molecule has 3 rings (SSSR count). The molecule has 0 spiro atoms. The summed E-state index contributed by atoms with van der Waals surface area (Å²) in [6.07, 6.45) is 7.78. The van der Waals surface area contributed by atoms with Crippen LogP contribution in [0.25, 0.3) is 0 Å². The second-order valence-electron chi connectivity index (χ2n) is 6.63. The third kappa shape index (κ3) is 2.93. The topological polar surface area (TPSA) is 66.8 Å². The molecule has 2 aliphatic carbocycles. The van der Waals surface area contributed by atoms with Crippen LogP contribution in [0.3, 0.4) is 0 Å². The molecule has 1 aliphatic heterocycles. The maximum atomic E-state index is 12.9. The molecule has 1 saturated heterocycles. The summed E-state index contributed by atoms with van der Waals surface area (Å²) in [5.74, 6) is -1.54. The molecule has 0 bridgehead atoms. The average molecular weight is 295 g/mol. The van der Waals surface area contributed by atoms with Gasteiger partial charge in [-0.3, -0.25) is 9.59 Å². The third-order valence-electron chi connectivity index (χ3n) is 5.42. The van der Waals surface area contributed by atoms with Gasteiger partial charge >= 0.3 is 5.97 Å². The zero-order chi connectivity index (χ0) is 14.8. The van der Waals surface area contributed by atoms with Crippen LogP contribution in [0.5, 0.6) is 0 Å². The lowest BCUT2D eigenvalue weighted by Crippen LogP contribution is -2.57. The molecule has 0 aromatic carbocycles. The number of ether oxygens (including phenoxy) is 1. The maximum Gasteiger partial charge on any atom is 0.307 e. The average Bonchev–Trinajstić information content (AvgIpc) is 2.53. The molecule has 5 heteroatoms. The van der Waals surface area contributed by atoms with Crippen molar-refractivity contribution in [3.63, 3.8) is 0 Å². The summed E-state index contributed by atoms with van der Waals surface area (Å²) in [5, 5.41) is 9.39. The van der Waals surface area contributed by atoms with Crippen molar-refractivity contribution in [1.82, 2.24) is 4.90 Å². The first-order valence-electron chi connectivity index (χ1n) is 8.33. The fourth-order valence-electron chi connectivity index (χ4n) is 4.31. The van der Waals surface area contributed by atoms with E-state index in [2.05, 4.69) is 0 Å². The van der Waals surface area contributed by atoms with E-state index in [4.69, 9.17) is 4.74 Å². The SMILES string of the molecule is O=C(O)C1CCCCC1C(=O)N1CCOC2CCCCC21. The van der Waals surface area contributed by atoms with Gasteiger partial charge in [-0.2, -0.15) is 0 Å². The number of rotatable bonds is 2. The van der Waals surface area contributed by atoms with Gasteiger partial charge < -0.3 is 14.7 Å². The second-order valence-corrected chi connectivity index (χ2v) is 6.63. The summed E-state index contributed by atoms with van der Waals surface area (Å²) >= 11 is 0. The standard InChI is InChI=1S/C16H25NO4/c18-15(11-5-1-2-6-12(11)16(19)20)17-9-10-21-14-8-4-3-7-13(14)17/h11-14H,1-10H2,(H,19,20). The predicted molar refractivity (Wildman–Crippen MR) is 76.8 cm³/mol. The van der Waals surface area contributed by atoms with Crippen LogP contribution in [0.4, 0.5) is 0 Å². The molecule has 1 amide bonds. The molecule has 1 heterocycles. The Hall–Kier alpha value is -1.10. The van der Waals surface area contributed by atoms with Gasteiger partial charge in [0.15, 0.2) is 0 Å².